The Morgan fingerprint density at radius 2 is 1.67 bits per heavy atom. The number of nitrogens with zero attached hydrogens (tertiary/aromatic N) is 1. The van der Waals surface area contributed by atoms with E-state index in [2.05, 4.69) is 15.8 Å². The molecule has 0 spiro atoms. The number of hydrazone groups is 1. The van der Waals surface area contributed by atoms with Crippen LogP contribution in [0.15, 0.2) is 59.7 Å². The van der Waals surface area contributed by atoms with Crippen LogP contribution in [0.2, 0.25) is 0 Å². The Hall–Kier alpha value is -2.62. The molecule has 1 amide bonds. The molecule has 106 valence electrons. The Labute approximate surface area is 123 Å². The van der Waals surface area contributed by atoms with Gasteiger partial charge in [-0.1, -0.05) is 30.3 Å². The molecule has 1 aliphatic rings. The van der Waals surface area contributed by atoms with Crippen molar-refractivity contribution in [1.82, 2.24) is 5.43 Å². The predicted octanol–water partition coefficient (Wildman–Crippen LogP) is 3.29. The van der Waals surface area contributed by atoms with Gasteiger partial charge in [0.05, 0.1) is 6.21 Å². The smallest absolute Gasteiger partial charge is 0.243 e. The van der Waals surface area contributed by atoms with Crippen molar-refractivity contribution in [2.75, 3.05) is 5.32 Å². The quantitative estimate of drug-likeness (QED) is 0.652. The Morgan fingerprint density at radius 3 is 2.33 bits per heavy atom. The summed E-state index contributed by atoms with van der Waals surface area (Å²) in [5.41, 5.74) is 5.58. The molecule has 0 heterocycles. The van der Waals surface area contributed by atoms with Gasteiger partial charge < -0.3 is 5.32 Å². The Balaban J connectivity index is 1.56. The van der Waals surface area contributed by atoms with Gasteiger partial charge in [0.1, 0.15) is 0 Å². The molecule has 1 aliphatic carbocycles. The molecule has 0 saturated heterocycles. The Kier molecular flexibility index (Phi) is 3.96. The summed E-state index contributed by atoms with van der Waals surface area (Å²) in [6, 6.07) is 17.9. The zero-order valence-corrected chi connectivity index (χ0v) is 11.6. The van der Waals surface area contributed by atoms with E-state index >= 15 is 0 Å². The van der Waals surface area contributed by atoms with Crippen molar-refractivity contribution in [2.45, 2.75) is 12.8 Å². The van der Waals surface area contributed by atoms with Gasteiger partial charge in [0.25, 0.3) is 0 Å². The van der Waals surface area contributed by atoms with Gasteiger partial charge >= 0.3 is 0 Å². The number of carbonyl (C=O) groups excluding carboxylic acids is 1. The summed E-state index contributed by atoms with van der Waals surface area (Å²) in [4.78, 5) is 11.4. The highest BCUT2D eigenvalue weighted by Gasteiger charge is 2.29. The Bertz CT molecular complexity index is 631. The first-order valence-corrected chi connectivity index (χ1v) is 7.06. The molecule has 2 aromatic carbocycles. The van der Waals surface area contributed by atoms with Crippen LogP contribution in [0.1, 0.15) is 18.4 Å². The van der Waals surface area contributed by atoms with Crippen LogP contribution >= 0.6 is 0 Å². The molecule has 1 fully saturated rings. The predicted molar refractivity (Wildman–Crippen MR) is 84.6 cm³/mol. The van der Waals surface area contributed by atoms with Crippen LogP contribution in [0.3, 0.4) is 0 Å². The topological polar surface area (TPSA) is 53.5 Å². The van der Waals surface area contributed by atoms with Gasteiger partial charge in [0, 0.05) is 17.3 Å². The van der Waals surface area contributed by atoms with Gasteiger partial charge in [-0.25, -0.2) is 5.43 Å². The molecular weight excluding hydrogens is 262 g/mol. The van der Waals surface area contributed by atoms with Gasteiger partial charge in [0.15, 0.2) is 0 Å². The maximum atomic E-state index is 11.4. The molecule has 0 radical (unpaired) electrons. The molecule has 21 heavy (non-hydrogen) atoms. The first-order chi connectivity index (χ1) is 10.3. The molecule has 3 rings (SSSR count). The fraction of sp³-hybridized carbons (Fsp3) is 0.176. The molecule has 4 heteroatoms. The van der Waals surface area contributed by atoms with Gasteiger partial charge in [-0.3, -0.25) is 4.79 Å². The zero-order chi connectivity index (χ0) is 14.5. The van der Waals surface area contributed by atoms with Crippen LogP contribution in [-0.2, 0) is 4.79 Å². The maximum Gasteiger partial charge on any atom is 0.243 e. The van der Waals surface area contributed by atoms with E-state index in [4.69, 9.17) is 0 Å². The van der Waals surface area contributed by atoms with Gasteiger partial charge in [-0.05, 0) is 42.7 Å². The van der Waals surface area contributed by atoms with Crippen LogP contribution in [0.4, 0.5) is 11.4 Å². The summed E-state index contributed by atoms with van der Waals surface area (Å²) in [7, 11) is 0. The van der Waals surface area contributed by atoms with Gasteiger partial charge in [0.2, 0.25) is 5.91 Å². The largest absolute Gasteiger partial charge is 0.356 e. The molecule has 1 saturated carbocycles. The third kappa shape index (κ3) is 3.92. The van der Waals surface area contributed by atoms with E-state index in [1.165, 1.54) is 0 Å². The maximum absolute atomic E-state index is 11.4. The van der Waals surface area contributed by atoms with Crippen molar-refractivity contribution >= 4 is 23.5 Å². The SMILES string of the molecule is O=C(N/N=C/c1ccc(Nc2ccccc2)cc1)C1CC1. The summed E-state index contributed by atoms with van der Waals surface area (Å²) in [6.07, 6.45) is 3.63. The highest BCUT2D eigenvalue weighted by atomic mass is 16.2. The van der Waals surface area contributed by atoms with E-state index in [9.17, 15) is 4.79 Å². The monoisotopic (exact) mass is 279 g/mol. The second kappa shape index (κ2) is 6.22. The third-order valence-corrected chi connectivity index (χ3v) is 3.31. The minimum atomic E-state index is 0.0219. The van der Waals surface area contributed by atoms with Crippen LogP contribution in [0.5, 0.6) is 0 Å². The lowest BCUT2D eigenvalue weighted by molar-refractivity contribution is -0.122. The first kappa shape index (κ1) is 13.4. The van der Waals surface area contributed by atoms with E-state index in [-0.39, 0.29) is 11.8 Å². The average molecular weight is 279 g/mol. The minimum absolute atomic E-state index is 0.0219. The fourth-order valence-corrected chi connectivity index (χ4v) is 1.95. The van der Waals surface area contributed by atoms with Gasteiger partial charge in [-0.2, -0.15) is 5.10 Å². The molecular formula is C17H17N3O. The number of nitrogens with one attached hydrogen (secondary N) is 2. The van der Waals surface area contributed by atoms with E-state index in [0.717, 1.165) is 29.8 Å². The van der Waals surface area contributed by atoms with Crippen molar-refractivity contribution < 1.29 is 4.79 Å². The normalized spacial score (nSPS) is 14.1. The minimum Gasteiger partial charge on any atom is -0.356 e. The number of carbonyl (C=O) groups is 1. The standard InChI is InChI=1S/C17H17N3O/c21-17(14-8-9-14)20-18-12-13-6-10-16(11-7-13)19-15-4-2-1-3-5-15/h1-7,10-12,14,19H,8-9H2,(H,20,21)/b18-12+. The summed E-state index contributed by atoms with van der Waals surface area (Å²) >= 11 is 0. The van der Waals surface area contributed by atoms with Crippen molar-refractivity contribution in [3.63, 3.8) is 0 Å². The van der Waals surface area contributed by atoms with E-state index in [1.807, 2.05) is 54.6 Å². The summed E-state index contributed by atoms with van der Waals surface area (Å²) in [6.45, 7) is 0. The molecule has 0 aliphatic heterocycles. The van der Waals surface area contributed by atoms with Crippen molar-refractivity contribution in [3.05, 3.63) is 60.2 Å². The zero-order valence-electron chi connectivity index (χ0n) is 11.6. The molecule has 2 aromatic rings. The summed E-state index contributed by atoms with van der Waals surface area (Å²) in [5, 5.41) is 7.29. The third-order valence-electron chi connectivity index (χ3n) is 3.31. The lowest BCUT2D eigenvalue weighted by Gasteiger charge is -2.06. The lowest BCUT2D eigenvalue weighted by Crippen LogP contribution is -2.18. The van der Waals surface area contributed by atoms with Crippen LogP contribution in [0.25, 0.3) is 0 Å². The van der Waals surface area contributed by atoms with Gasteiger partial charge in [-0.15, -0.1) is 0 Å². The average Bonchev–Trinajstić information content (AvgIpc) is 3.35. The number of hydrogen-bond donors (Lipinski definition) is 2. The second-order valence-corrected chi connectivity index (χ2v) is 5.12. The molecule has 0 atom stereocenters. The fourth-order valence-electron chi connectivity index (χ4n) is 1.95. The van der Waals surface area contributed by atoms with Crippen molar-refractivity contribution in [2.24, 2.45) is 11.0 Å². The van der Waals surface area contributed by atoms with Crippen molar-refractivity contribution in [1.29, 1.82) is 0 Å². The molecule has 0 aromatic heterocycles. The number of benzene rings is 2. The van der Waals surface area contributed by atoms with Crippen molar-refractivity contribution in [3.8, 4) is 0 Å². The van der Waals surface area contributed by atoms with Crippen LogP contribution in [-0.4, -0.2) is 12.1 Å². The van der Waals surface area contributed by atoms with Crippen LogP contribution in [0, 0.1) is 5.92 Å². The summed E-state index contributed by atoms with van der Waals surface area (Å²) in [5.74, 6) is 0.202. The van der Waals surface area contributed by atoms with E-state index in [1.54, 1.807) is 6.21 Å². The number of rotatable bonds is 5. The number of para-hydroxylation sites is 1. The lowest BCUT2D eigenvalue weighted by atomic mass is 10.2. The molecule has 0 bridgehead atoms. The number of hydrogen-bond acceptors (Lipinski definition) is 3. The summed E-state index contributed by atoms with van der Waals surface area (Å²) < 4.78 is 0. The Morgan fingerprint density at radius 1 is 1.00 bits per heavy atom. The highest BCUT2D eigenvalue weighted by Crippen LogP contribution is 2.28. The van der Waals surface area contributed by atoms with Crippen LogP contribution < -0.4 is 10.7 Å². The number of anilines is 2. The van der Waals surface area contributed by atoms with E-state index in [0.29, 0.717) is 0 Å². The van der Waals surface area contributed by atoms with E-state index < -0.39 is 0 Å². The first-order valence-electron chi connectivity index (χ1n) is 7.06. The molecule has 2 N–H and O–H groups in total. The second-order valence-electron chi connectivity index (χ2n) is 5.12. The number of amides is 1. The molecule has 4 nitrogen and oxygen atoms in total. The molecule has 0 unspecified atom stereocenters. The highest BCUT2D eigenvalue weighted by molar-refractivity contribution is 5.84.